The van der Waals surface area contributed by atoms with Crippen LogP contribution in [0.5, 0.6) is 0 Å². The van der Waals surface area contributed by atoms with E-state index in [2.05, 4.69) is 4.98 Å². The smallest absolute Gasteiger partial charge is 0.329 e. The predicted octanol–water partition coefficient (Wildman–Crippen LogP) is 0.533. The van der Waals surface area contributed by atoms with Crippen LogP contribution in [0.15, 0.2) is 52.3 Å². The van der Waals surface area contributed by atoms with Crippen LogP contribution in [0.3, 0.4) is 0 Å². The topological polar surface area (TPSA) is 100.0 Å². The second-order valence-corrected chi connectivity index (χ2v) is 6.52. The van der Waals surface area contributed by atoms with E-state index in [1.54, 1.807) is 0 Å². The first-order valence-corrected chi connectivity index (χ1v) is 8.19. The number of benzene rings is 1. The highest BCUT2D eigenvalue weighted by Gasteiger charge is 2.27. The molecule has 0 spiro atoms. The summed E-state index contributed by atoms with van der Waals surface area (Å²) in [6.07, 6.45) is 1.44. The van der Waals surface area contributed by atoms with Crippen LogP contribution in [0.2, 0.25) is 0 Å². The second kappa shape index (κ2) is 5.60. The number of nitrogens with zero attached hydrogens (tertiary/aromatic N) is 3. The molecule has 7 nitrogen and oxygen atoms in total. The number of imidazole rings is 1. The molecule has 0 saturated heterocycles. The number of hydrogen-bond acceptors (Lipinski definition) is 5. The third-order valence-corrected chi connectivity index (χ3v) is 5.07. The van der Waals surface area contributed by atoms with Crippen molar-refractivity contribution in [1.82, 2.24) is 13.5 Å². The molecule has 0 aliphatic rings. The van der Waals surface area contributed by atoms with Gasteiger partial charge in [-0.2, -0.15) is 3.97 Å². The number of fused-ring (bicyclic) bond motifs is 1. The Bertz CT molecular complexity index is 1040. The highest BCUT2D eigenvalue weighted by molar-refractivity contribution is 7.90. The molecule has 0 unspecified atom stereocenters. The molecule has 0 aliphatic carbocycles. The fraction of sp³-hybridized carbons (Fsp3) is 0.143. The molecule has 0 saturated carbocycles. The average molecular weight is 336 g/mol. The van der Waals surface area contributed by atoms with Crippen molar-refractivity contribution in [3.63, 3.8) is 0 Å². The van der Waals surface area contributed by atoms with Gasteiger partial charge in [-0.25, -0.2) is 22.6 Å². The van der Waals surface area contributed by atoms with E-state index < -0.39 is 26.4 Å². The Morgan fingerprint density at radius 1 is 1.17 bits per heavy atom. The van der Waals surface area contributed by atoms with Crippen LogP contribution >= 0.6 is 0 Å². The minimum absolute atomic E-state index is 0.0780. The van der Waals surface area contributed by atoms with E-state index in [-0.39, 0.29) is 24.3 Å². The van der Waals surface area contributed by atoms with Crippen molar-refractivity contribution in [3.8, 4) is 0 Å². The molecule has 3 rings (SSSR count). The van der Waals surface area contributed by atoms with Crippen LogP contribution in [-0.2, 0) is 16.6 Å². The molecule has 2 N–H and O–H groups in total. The summed E-state index contributed by atoms with van der Waals surface area (Å²) < 4.78 is 41.2. The monoisotopic (exact) mass is 336 g/mol. The van der Waals surface area contributed by atoms with Crippen LogP contribution in [-0.4, -0.2) is 28.5 Å². The van der Waals surface area contributed by atoms with Gasteiger partial charge in [-0.1, -0.05) is 12.1 Å². The van der Waals surface area contributed by atoms with Gasteiger partial charge in [-0.15, -0.1) is 0 Å². The van der Waals surface area contributed by atoms with Gasteiger partial charge >= 0.3 is 5.69 Å². The highest BCUT2D eigenvalue weighted by atomic mass is 32.2. The number of halogens is 1. The average Bonchev–Trinajstić information content (AvgIpc) is 2.81. The maximum Gasteiger partial charge on any atom is 0.344 e. The van der Waals surface area contributed by atoms with Crippen LogP contribution < -0.4 is 11.4 Å². The molecule has 1 aromatic carbocycles. The lowest BCUT2D eigenvalue weighted by Crippen LogP contribution is -2.31. The number of pyridine rings is 1. The standard InChI is InChI=1S/C14H13FN4O3S/c15-10-4-1-2-6-12(10)23(21,22)19-11-5-3-8-17-13(11)18(9-7-16)14(19)20/h1-6,8H,7,9,16H2. The lowest BCUT2D eigenvalue weighted by molar-refractivity contribution is 0.559. The summed E-state index contributed by atoms with van der Waals surface area (Å²) in [5, 5.41) is 0. The predicted molar refractivity (Wildman–Crippen MR) is 82.0 cm³/mol. The minimum atomic E-state index is -4.40. The fourth-order valence-electron chi connectivity index (χ4n) is 2.37. The van der Waals surface area contributed by atoms with E-state index in [4.69, 9.17) is 5.73 Å². The van der Waals surface area contributed by atoms with E-state index in [1.165, 1.54) is 30.5 Å². The summed E-state index contributed by atoms with van der Waals surface area (Å²) in [5.41, 5.74) is 4.90. The molecule has 9 heteroatoms. The summed E-state index contributed by atoms with van der Waals surface area (Å²) in [6, 6.07) is 7.83. The minimum Gasteiger partial charge on any atom is -0.329 e. The van der Waals surface area contributed by atoms with Crippen LogP contribution in [0.4, 0.5) is 4.39 Å². The lowest BCUT2D eigenvalue weighted by atomic mass is 10.4. The molecule has 0 aliphatic heterocycles. The zero-order chi connectivity index (χ0) is 16.6. The quantitative estimate of drug-likeness (QED) is 0.749. The molecule has 2 aromatic heterocycles. The van der Waals surface area contributed by atoms with E-state index in [9.17, 15) is 17.6 Å². The highest BCUT2D eigenvalue weighted by Crippen LogP contribution is 2.20. The van der Waals surface area contributed by atoms with Crippen molar-refractivity contribution in [2.24, 2.45) is 5.73 Å². The first-order chi connectivity index (χ1) is 11.0. The van der Waals surface area contributed by atoms with E-state index >= 15 is 0 Å². The number of nitrogens with two attached hydrogens (primary N) is 1. The van der Waals surface area contributed by atoms with Gasteiger partial charge in [-0.05, 0) is 24.3 Å². The lowest BCUT2D eigenvalue weighted by Gasteiger charge is -2.06. The normalized spacial score (nSPS) is 11.9. The summed E-state index contributed by atoms with van der Waals surface area (Å²) >= 11 is 0. The van der Waals surface area contributed by atoms with Crippen molar-refractivity contribution >= 4 is 21.2 Å². The number of hydrogen-bond donors (Lipinski definition) is 1. The molecular formula is C14H13FN4O3S. The van der Waals surface area contributed by atoms with Gasteiger partial charge in [0.05, 0.1) is 0 Å². The molecule has 0 fully saturated rings. The Hall–Kier alpha value is -2.52. The molecule has 120 valence electrons. The van der Waals surface area contributed by atoms with Crippen LogP contribution in [0.25, 0.3) is 11.2 Å². The molecule has 0 radical (unpaired) electrons. The number of aromatic nitrogens is 3. The van der Waals surface area contributed by atoms with Gasteiger partial charge in [0.1, 0.15) is 16.2 Å². The third-order valence-electron chi connectivity index (χ3n) is 3.35. The molecule has 2 heterocycles. The van der Waals surface area contributed by atoms with E-state index in [0.717, 1.165) is 16.7 Å². The van der Waals surface area contributed by atoms with Crippen molar-refractivity contribution in [2.45, 2.75) is 11.4 Å². The Labute approximate surface area is 130 Å². The Morgan fingerprint density at radius 3 is 2.61 bits per heavy atom. The van der Waals surface area contributed by atoms with Gasteiger partial charge in [0.15, 0.2) is 5.65 Å². The SMILES string of the molecule is NCCn1c(=O)n(S(=O)(=O)c2ccccc2F)c2cccnc21. The first-order valence-electron chi connectivity index (χ1n) is 6.75. The maximum atomic E-state index is 13.9. The molecular weight excluding hydrogens is 323 g/mol. The summed E-state index contributed by atoms with van der Waals surface area (Å²) in [7, 11) is -4.40. The van der Waals surface area contributed by atoms with Gasteiger partial charge in [0.25, 0.3) is 10.0 Å². The summed E-state index contributed by atoms with van der Waals surface area (Å²) in [5.74, 6) is -0.928. The zero-order valence-corrected chi connectivity index (χ0v) is 12.7. The zero-order valence-electron chi connectivity index (χ0n) is 11.9. The fourth-order valence-corrected chi connectivity index (χ4v) is 3.84. The van der Waals surface area contributed by atoms with Crippen molar-refractivity contribution in [3.05, 3.63) is 58.9 Å². The second-order valence-electron chi connectivity index (χ2n) is 4.77. The van der Waals surface area contributed by atoms with Gasteiger partial charge in [-0.3, -0.25) is 4.57 Å². The molecule has 0 atom stereocenters. The Balaban J connectivity index is 2.39. The first kappa shape index (κ1) is 15.4. The van der Waals surface area contributed by atoms with E-state index in [0.29, 0.717) is 3.97 Å². The van der Waals surface area contributed by atoms with Gasteiger partial charge in [0, 0.05) is 19.3 Å². The van der Waals surface area contributed by atoms with Gasteiger partial charge < -0.3 is 5.73 Å². The summed E-state index contributed by atoms with van der Waals surface area (Å²) in [6.45, 7) is 0.238. The van der Waals surface area contributed by atoms with Crippen LogP contribution in [0, 0.1) is 5.82 Å². The van der Waals surface area contributed by atoms with Crippen molar-refractivity contribution in [1.29, 1.82) is 0 Å². The van der Waals surface area contributed by atoms with Gasteiger partial charge in [0.2, 0.25) is 0 Å². The van der Waals surface area contributed by atoms with Crippen molar-refractivity contribution < 1.29 is 12.8 Å². The molecule has 0 amide bonds. The molecule has 23 heavy (non-hydrogen) atoms. The largest absolute Gasteiger partial charge is 0.344 e. The van der Waals surface area contributed by atoms with Crippen LogP contribution in [0.1, 0.15) is 0 Å². The molecule has 0 bridgehead atoms. The Morgan fingerprint density at radius 2 is 1.91 bits per heavy atom. The number of rotatable bonds is 4. The Kier molecular flexibility index (Phi) is 3.74. The van der Waals surface area contributed by atoms with Crippen molar-refractivity contribution in [2.75, 3.05) is 6.54 Å². The third kappa shape index (κ3) is 2.34. The maximum absolute atomic E-state index is 13.9. The van der Waals surface area contributed by atoms with E-state index in [1.807, 2.05) is 0 Å². The summed E-state index contributed by atoms with van der Waals surface area (Å²) in [4.78, 5) is 16.0. The molecule has 3 aromatic rings.